The summed E-state index contributed by atoms with van der Waals surface area (Å²) in [6.45, 7) is 7.36. The van der Waals surface area contributed by atoms with Gasteiger partial charge in [-0.2, -0.15) is 0 Å². The van der Waals surface area contributed by atoms with Crippen LogP contribution in [0.1, 0.15) is 26.5 Å². The van der Waals surface area contributed by atoms with Gasteiger partial charge in [0, 0.05) is 32.7 Å². The number of anilines is 1. The minimum atomic E-state index is -3.75. The van der Waals surface area contributed by atoms with Crippen LogP contribution in [0.5, 0.6) is 0 Å². The third kappa shape index (κ3) is 5.17. The molecule has 7 nitrogen and oxygen atoms in total. The van der Waals surface area contributed by atoms with Crippen LogP contribution in [0.2, 0.25) is 0 Å². The smallest absolute Gasteiger partial charge is 0.266 e. The van der Waals surface area contributed by atoms with E-state index in [1.807, 2.05) is 30.0 Å². The van der Waals surface area contributed by atoms with Crippen LogP contribution in [0.3, 0.4) is 0 Å². The zero-order chi connectivity index (χ0) is 22.7. The summed E-state index contributed by atoms with van der Waals surface area (Å²) in [5.74, 6) is -0.0971. The molecule has 4 rings (SSSR count). The number of benzene rings is 2. The third-order valence-electron chi connectivity index (χ3n) is 5.45. The van der Waals surface area contributed by atoms with Crippen LogP contribution >= 0.6 is 11.3 Å². The summed E-state index contributed by atoms with van der Waals surface area (Å²) in [5, 5.41) is 0.203. The molecule has 1 N–H and O–H groups in total. The monoisotopic (exact) mass is 470 g/mol. The average molecular weight is 471 g/mol. The Bertz CT molecular complexity index is 1180. The third-order valence-corrected chi connectivity index (χ3v) is 8.00. The number of nitrogens with one attached hydrogen (secondary N) is 1. The zero-order valence-electron chi connectivity index (χ0n) is 18.1. The van der Waals surface area contributed by atoms with E-state index in [9.17, 15) is 13.2 Å². The first-order chi connectivity index (χ1) is 15.3. The number of carbonyl (C=O) groups excluding carboxylic acids is 1. The lowest BCUT2D eigenvalue weighted by Crippen LogP contribution is -2.48. The molecule has 0 spiro atoms. The molecule has 3 aromatic rings. The molecule has 0 unspecified atom stereocenters. The van der Waals surface area contributed by atoms with Crippen molar-refractivity contribution in [1.29, 1.82) is 0 Å². The van der Waals surface area contributed by atoms with Crippen LogP contribution in [0.4, 0.5) is 5.13 Å². The van der Waals surface area contributed by atoms with Crippen molar-refractivity contribution in [3.05, 3.63) is 76.3 Å². The van der Waals surface area contributed by atoms with Crippen molar-refractivity contribution in [3.63, 3.8) is 0 Å². The van der Waals surface area contributed by atoms with Gasteiger partial charge < -0.3 is 4.90 Å². The number of hydrogen-bond acceptors (Lipinski definition) is 6. The quantitative estimate of drug-likeness (QED) is 0.596. The Kier molecular flexibility index (Phi) is 6.59. The summed E-state index contributed by atoms with van der Waals surface area (Å²) in [6.07, 6.45) is 0. The van der Waals surface area contributed by atoms with Gasteiger partial charge in [-0.3, -0.25) is 14.4 Å². The molecule has 1 aliphatic heterocycles. The van der Waals surface area contributed by atoms with Gasteiger partial charge in [0.15, 0.2) is 5.13 Å². The summed E-state index contributed by atoms with van der Waals surface area (Å²) in [6, 6.07) is 16.9. The molecule has 1 aromatic heterocycles. The lowest BCUT2D eigenvalue weighted by atomic mass is 10.2. The van der Waals surface area contributed by atoms with Gasteiger partial charge in [-0.1, -0.05) is 59.4 Å². The molecule has 0 aliphatic carbocycles. The van der Waals surface area contributed by atoms with E-state index in [0.717, 1.165) is 36.5 Å². The van der Waals surface area contributed by atoms with Gasteiger partial charge in [-0.05, 0) is 31.5 Å². The Morgan fingerprint density at radius 1 is 1.00 bits per heavy atom. The van der Waals surface area contributed by atoms with Crippen molar-refractivity contribution in [1.82, 2.24) is 14.8 Å². The number of sulfonamides is 1. The fraction of sp³-hybridized carbons (Fsp3) is 0.304. The maximum atomic E-state index is 13.1. The van der Waals surface area contributed by atoms with E-state index in [-0.39, 0.29) is 15.9 Å². The van der Waals surface area contributed by atoms with Gasteiger partial charge in [-0.15, -0.1) is 0 Å². The van der Waals surface area contributed by atoms with Crippen molar-refractivity contribution < 1.29 is 13.2 Å². The number of hydrogen-bond donors (Lipinski definition) is 1. The molecule has 1 saturated heterocycles. The van der Waals surface area contributed by atoms with Crippen molar-refractivity contribution >= 4 is 32.4 Å². The Morgan fingerprint density at radius 2 is 1.66 bits per heavy atom. The highest BCUT2D eigenvalue weighted by molar-refractivity contribution is 7.93. The highest BCUT2D eigenvalue weighted by atomic mass is 32.2. The van der Waals surface area contributed by atoms with Crippen molar-refractivity contribution in [3.8, 4) is 0 Å². The number of amides is 1. The van der Waals surface area contributed by atoms with E-state index in [1.165, 1.54) is 5.56 Å². The molecule has 9 heteroatoms. The number of piperazine rings is 1. The SMILES string of the molecule is Cc1ccc(S(=O)(=O)Nc2nc(C)c(C(=O)N3CCN(Cc4ccccc4)CC3)s2)cc1. The number of nitrogens with zero attached hydrogens (tertiary/aromatic N) is 3. The Labute approximate surface area is 192 Å². The van der Waals surface area contributed by atoms with E-state index in [0.29, 0.717) is 23.7 Å². The van der Waals surface area contributed by atoms with Crippen LogP contribution in [0.15, 0.2) is 59.5 Å². The predicted octanol–water partition coefficient (Wildman–Crippen LogP) is 3.52. The molecule has 2 heterocycles. The van der Waals surface area contributed by atoms with Crippen LogP contribution < -0.4 is 4.72 Å². The van der Waals surface area contributed by atoms with Crippen LogP contribution in [-0.4, -0.2) is 55.3 Å². The highest BCUT2D eigenvalue weighted by Gasteiger charge is 2.26. The van der Waals surface area contributed by atoms with Crippen molar-refractivity contribution in [2.75, 3.05) is 30.9 Å². The van der Waals surface area contributed by atoms with Gasteiger partial charge in [0.25, 0.3) is 15.9 Å². The molecule has 0 saturated carbocycles. The molecule has 168 valence electrons. The Hall–Kier alpha value is -2.75. The van der Waals surface area contributed by atoms with Crippen LogP contribution in [-0.2, 0) is 16.6 Å². The zero-order valence-corrected chi connectivity index (χ0v) is 19.7. The van der Waals surface area contributed by atoms with Gasteiger partial charge in [-0.25, -0.2) is 13.4 Å². The summed E-state index contributed by atoms with van der Waals surface area (Å²) in [4.78, 5) is 22.2. The Balaban J connectivity index is 1.39. The second kappa shape index (κ2) is 9.40. The van der Waals surface area contributed by atoms with Crippen molar-refractivity contribution in [2.45, 2.75) is 25.3 Å². The molecular formula is C23H26N4O3S2. The maximum absolute atomic E-state index is 13.1. The van der Waals surface area contributed by atoms with Crippen molar-refractivity contribution in [2.24, 2.45) is 0 Å². The van der Waals surface area contributed by atoms with Gasteiger partial charge in [0.2, 0.25) is 0 Å². The second-order valence-electron chi connectivity index (χ2n) is 7.91. The van der Waals surface area contributed by atoms with Crippen LogP contribution in [0, 0.1) is 13.8 Å². The molecule has 32 heavy (non-hydrogen) atoms. The molecule has 0 radical (unpaired) electrons. The Morgan fingerprint density at radius 3 is 2.31 bits per heavy atom. The number of thiazole rings is 1. The number of rotatable bonds is 6. The molecular weight excluding hydrogens is 444 g/mol. The minimum Gasteiger partial charge on any atom is -0.335 e. The van der Waals surface area contributed by atoms with Gasteiger partial charge in [0.05, 0.1) is 10.6 Å². The van der Waals surface area contributed by atoms with Crippen LogP contribution in [0.25, 0.3) is 0 Å². The highest BCUT2D eigenvalue weighted by Crippen LogP contribution is 2.27. The first-order valence-electron chi connectivity index (χ1n) is 10.4. The predicted molar refractivity (Wildman–Crippen MR) is 126 cm³/mol. The first-order valence-corrected chi connectivity index (χ1v) is 12.7. The van der Waals surface area contributed by atoms with E-state index < -0.39 is 10.0 Å². The number of aromatic nitrogens is 1. The molecule has 2 aromatic carbocycles. The van der Waals surface area contributed by atoms with E-state index in [2.05, 4.69) is 26.7 Å². The molecule has 0 atom stereocenters. The number of carbonyl (C=O) groups is 1. The summed E-state index contributed by atoms with van der Waals surface area (Å²) in [7, 11) is -3.75. The molecule has 0 bridgehead atoms. The first kappa shape index (κ1) is 22.4. The molecule has 1 amide bonds. The maximum Gasteiger partial charge on any atom is 0.266 e. The van der Waals surface area contributed by atoms with E-state index >= 15 is 0 Å². The van der Waals surface area contributed by atoms with E-state index in [4.69, 9.17) is 0 Å². The molecule has 1 fully saturated rings. The topological polar surface area (TPSA) is 82.6 Å². The van der Waals surface area contributed by atoms with Gasteiger partial charge in [0.1, 0.15) is 4.88 Å². The lowest BCUT2D eigenvalue weighted by Gasteiger charge is -2.34. The lowest BCUT2D eigenvalue weighted by molar-refractivity contribution is 0.0632. The second-order valence-corrected chi connectivity index (χ2v) is 10.6. The molecule has 1 aliphatic rings. The normalized spacial score (nSPS) is 15.0. The summed E-state index contributed by atoms with van der Waals surface area (Å²) in [5.41, 5.74) is 2.77. The van der Waals surface area contributed by atoms with Gasteiger partial charge >= 0.3 is 0 Å². The summed E-state index contributed by atoms with van der Waals surface area (Å²) < 4.78 is 27.8. The summed E-state index contributed by atoms with van der Waals surface area (Å²) >= 11 is 1.08. The average Bonchev–Trinajstić information content (AvgIpc) is 3.14. The number of aryl methyl sites for hydroxylation is 2. The van der Waals surface area contributed by atoms with E-state index in [1.54, 1.807) is 31.2 Å². The fourth-order valence-electron chi connectivity index (χ4n) is 3.62. The minimum absolute atomic E-state index is 0.0971. The fourth-order valence-corrected chi connectivity index (χ4v) is 5.79. The standard InChI is InChI=1S/C23H26N4O3S2/c1-17-8-10-20(11-9-17)32(29,30)25-23-24-18(2)21(31-23)22(28)27-14-12-26(13-15-27)16-19-6-4-3-5-7-19/h3-11H,12-16H2,1-2H3,(H,24,25). The largest absolute Gasteiger partial charge is 0.335 e.